The molecule has 0 amide bonds. The lowest BCUT2D eigenvalue weighted by Crippen LogP contribution is -2.62. The van der Waals surface area contributed by atoms with Crippen LogP contribution in [0.4, 0.5) is 0 Å². The highest BCUT2D eigenvalue weighted by molar-refractivity contribution is 5.05. The predicted octanol–water partition coefficient (Wildman–Crippen LogP) is 2.54. The molecule has 3 fully saturated rings. The molecule has 0 bridgehead atoms. The van der Waals surface area contributed by atoms with E-state index in [1.165, 1.54) is 38.6 Å². The van der Waals surface area contributed by atoms with Gasteiger partial charge in [-0.05, 0) is 58.4 Å². The zero-order valence-electron chi connectivity index (χ0n) is 12.7. The van der Waals surface area contributed by atoms with E-state index < -0.39 is 0 Å². The molecule has 2 aliphatic heterocycles. The Labute approximate surface area is 117 Å². The van der Waals surface area contributed by atoms with E-state index >= 15 is 0 Å². The molecule has 1 saturated carbocycles. The van der Waals surface area contributed by atoms with Gasteiger partial charge in [0.1, 0.15) is 0 Å². The fraction of sp³-hybridized carbons (Fsp3) is 1.00. The number of rotatable bonds is 2. The molecule has 2 heterocycles. The number of nitrogens with two attached hydrogens (primary N) is 1. The predicted molar refractivity (Wildman–Crippen MR) is 78.1 cm³/mol. The van der Waals surface area contributed by atoms with E-state index in [1.807, 2.05) is 0 Å². The Bertz CT molecular complexity index is 331. The van der Waals surface area contributed by atoms with E-state index in [-0.39, 0.29) is 11.1 Å². The SMILES string of the molecule is CC1(C)CC(CN)(N2CCC3CCCCC32)CCO1. The molecule has 2 N–H and O–H groups in total. The third-order valence-electron chi connectivity index (χ3n) is 5.81. The molecule has 3 rings (SSSR count). The Hall–Kier alpha value is -0.120. The summed E-state index contributed by atoms with van der Waals surface area (Å²) < 4.78 is 5.94. The average molecular weight is 266 g/mol. The summed E-state index contributed by atoms with van der Waals surface area (Å²) in [7, 11) is 0. The molecule has 0 spiro atoms. The van der Waals surface area contributed by atoms with Gasteiger partial charge in [0.15, 0.2) is 0 Å². The normalized spacial score (nSPS) is 43.1. The van der Waals surface area contributed by atoms with Crippen molar-refractivity contribution in [3.63, 3.8) is 0 Å². The maximum atomic E-state index is 6.26. The fourth-order valence-corrected chi connectivity index (χ4v) is 4.98. The van der Waals surface area contributed by atoms with Gasteiger partial charge in [0.05, 0.1) is 5.60 Å². The van der Waals surface area contributed by atoms with Crippen molar-refractivity contribution in [3.8, 4) is 0 Å². The van der Waals surface area contributed by atoms with Crippen LogP contribution >= 0.6 is 0 Å². The van der Waals surface area contributed by atoms with Crippen molar-refractivity contribution in [2.45, 2.75) is 76.0 Å². The molecule has 19 heavy (non-hydrogen) atoms. The molecule has 0 aromatic heterocycles. The molecule has 3 unspecified atom stereocenters. The van der Waals surface area contributed by atoms with Gasteiger partial charge in [-0.1, -0.05) is 12.8 Å². The van der Waals surface area contributed by atoms with Gasteiger partial charge in [0.2, 0.25) is 0 Å². The quantitative estimate of drug-likeness (QED) is 0.835. The minimum Gasteiger partial charge on any atom is -0.375 e. The smallest absolute Gasteiger partial charge is 0.0644 e. The molecule has 110 valence electrons. The summed E-state index contributed by atoms with van der Waals surface area (Å²) >= 11 is 0. The highest BCUT2D eigenvalue weighted by atomic mass is 16.5. The van der Waals surface area contributed by atoms with Crippen molar-refractivity contribution in [1.82, 2.24) is 4.90 Å². The summed E-state index contributed by atoms with van der Waals surface area (Å²) in [5, 5.41) is 0. The summed E-state index contributed by atoms with van der Waals surface area (Å²) in [6.45, 7) is 7.39. The van der Waals surface area contributed by atoms with Crippen molar-refractivity contribution >= 4 is 0 Å². The van der Waals surface area contributed by atoms with Gasteiger partial charge in [-0.3, -0.25) is 4.90 Å². The minimum atomic E-state index is -0.00955. The van der Waals surface area contributed by atoms with Crippen LogP contribution in [0, 0.1) is 5.92 Å². The van der Waals surface area contributed by atoms with Crippen molar-refractivity contribution in [2.75, 3.05) is 19.7 Å². The van der Waals surface area contributed by atoms with E-state index in [9.17, 15) is 0 Å². The van der Waals surface area contributed by atoms with Crippen LogP contribution in [0.25, 0.3) is 0 Å². The van der Waals surface area contributed by atoms with Crippen LogP contribution in [-0.4, -0.2) is 41.8 Å². The zero-order valence-corrected chi connectivity index (χ0v) is 12.7. The largest absolute Gasteiger partial charge is 0.375 e. The minimum absolute atomic E-state index is 0.00955. The highest BCUT2D eigenvalue weighted by Gasteiger charge is 2.50. The molecule has 2 saturated heterocycles. The van der Waals surface area contributed by atoms with Gasteiger partial charge in [-0.25, -0.2) is 0 Å². The Morgan fingerprint density at radius 3 is 2.74 bits per heavy atom. The summed E-state index contributed by atoms with van der Waals surface area (Å²) in [4.78, 5) is 2.81. The molecule has 3 atom stereocenters. The summed E-state index contributed by atoms with van der Waals surface area (Å²) in [5.74, 6) is 0.947. The topological polar surface area (TPSA) is 38.5 Å². The molecule has 0 radical (unpaired) electrons. The molecule has 0 aromatic carbocycles. The Balaban J connectivity index is 1.81. The van der Waals surface area contributed by atoms with Crippen LogP contribution in [0.3, 0.4) is 0 Å². The van der Waals surface area contributed by atoms with Crippen LogP contribution in [-0.2, 0) is 4.74 Å². The lowest BCUT2D eigenvalue weighted by Gasteiger charge is -2.52. The van der Waals surface area contributed by atoms with Crippen LogP contribution < -0.4 is 5.73 Å². The highest BCUT2D eigenvalue weighted by Crippen LogP contribution is 2.45. The number of likely N-dealkylation sites (tertiary alicyclic amines) is 1. The molecule has 0 aromatic rings. The maximum absolute atomic E-state index is 6.26. The summed E-state index contributed by atoms with van der Waals surface area (Å²) in [6.07, 6.45) is 9.32. The van der Waals surface area contributed by atoms with Crippen molar-refractivity contribution in [1.29, 1.82) is 0 Å². The molecular weight excluding hydrogens is 236 g/mol. The first kappa shape index (κ1) is 13.8. The second kappa shape index (κ2) is 5.01. The third kappa shape index (κ3) is 2.45. The molecule has 3 heteroatoms. The number of ether oxygens (including phenoxy) is 1. The second-order valence-corrected chi connectivity index (χ2v) is 7.56. The van der Waals surface area contributed by atoms with Gasteiger partial charge >= 0.3 is 0 Å². The van der Waals surface area contributed by atoms with Gasteiger partial charge in [-0.2, -0.15) is 0 Å². The van der Waals surface area contributed by atoms with E-state index in [0.29, 0.717) is 0 Å². The first-order valence-corrected chi connectivity index (χ1v) is 8.17. The summed E-state index contributed by atoms with van der Waals surface area (Å²) in [6, 6.07) is 0.811. The van der Waals surface area contributed by atoms with Crippen molar-refractivity contribution < 1.29 is 4.74 Å². The van der Waals surface area contributed by atoms with E-state index in [0.717, 1.165) is 38.0 Å². The standard InChI is InChI=1S/C16H30N2O/c1-15(2)11-16(12-17,8-10-19-15)18-9-7-13-5-3-4-6-14(13)18/h13-14H,3-12,17H2,1-2H3. The number of hydrogen-bond acceptors (Lipinski definition) is 3. The van der Waals surface area contributed by atoms with Crippen molar-refractivity contribution in [3.05, 3.63) is 0 Å². The van der Waals surface area contributed by atoms with Gasteiger partial charge in [0, 0.05) is 24.7 Å². The average Bonchev–Trinajstić information content (AvgIpc) is 2.81. The zero-order chi connectivity index (χ0) is 13.5. The molecule has 3 aliphatic rings. The van der Waals surface area contributed by atoms with Gasteiger partial charge in [-0.15, -0.1) is 0 Å². The first-order valence-electron chi connectivity index (χ1n) is 8.17. The first-order chi connectivity index (χ1) is 9.06. The van der Waals surface area contributed by atoms with Crippen LogP contribution in [0.15, 0.2) is 0 Å². The van der Waals surface area contributed by atoms with Crippen molar-refractivity contribution in [2.24, 2.45) is 11.7 Å². The van der Waals surface area contributed by atoms with Gasteiger partial charge in [0.25, 0.3) is 0 Å². The Kier molecular flexibility index (Phi) is 3.65. The Morgan fingerprint density at radius 1 is 1.21 bits per heavy atom. The number of fused-ring (bicyclic) bond motifs is 1. The number of hydrogen-bond donors (Lipinski definition) is 1. The lowest BCUT2D eigenvalue weighted by molar-refractivity contribution is -0.123. The van der Waals surface area contributed by atoms with Crippen LogP contribution in [0.5, 0.6) is 0 Å². The lowest BCUT2D eigenvalue weighted by atomic mass is 9.77. The number of nitrogens with zero attached hydrogens (tertiary/aromatic N) is 1. The summed E-state index contributed by atoms with van der Waals surface area (Å²) in [5.41, 5.74) is 6.46. The van der Waals surface area contributed by atoms with Crippen LogP contribution in [0.1, 0.15) is 58.8 Å². The molecular formula is C16H30N2O. The van der Waals surface area contributed by atoms with Crippen LogP contribution in [0.2, 0.25) is 0 Å². The maximum Gasteiger partial charge on any atom is 0.0644 e. The van der Waals surface area contributed by atoms with E-state index in [1.54, 1.807) is 0 Å². The van der Waals surface area contributed by atoms with E-state index in [2.05, 4.69) is 18.7 Å². The monoisotopic (exact) mass is 266 g/mol. The molecule has 3 nitrogen and oxygen atoms in total. The third-order valence-corrected chi connectivity index (χ3v) is 5.81. The fourth-order valence-electron chi connectivity index (χ4n) is 4.98. The second-order valence-electron chi connectivity index (χ2n) is 7.56. The van der Waals surface area contributed by atoms with Gasteiger partial charge < -0.3 is 10.5 Å². The molecule has 1 aliphatic carbocycles. The Morgan fingerprint density at radius 2 is 2.00 bits per heavy atom. The van der Waals surface area contributed by atoms with E-state index in [4.69, 9.17) is 10.5 Å².